The monoisotopic (exact) mass is 376 g/mol. The third kappa shape index (κ3) is 4.21. The van der Waals surface area contributed by atoms with Crippen molar-refractivity contribution in [3.8, 4) is 0 Å². The molecule has 25 heavy (non-hydrogen) atoms. The summed E-state index contributed by atoms with van der Waals surface area (Å²) in [7, 11) is 0. The summed E-state index contributed by atoms with van der Waals surface area (Å²) in [6.45, 7) is 3.90. The number of amides is 1. The number of benzene rings is 1. The summed E-state index contributed by atoms with van der Waals surface area (Å²) in [5, 5.41) is 3.70. The molecule has 0 saturated heterocycles. The maximum absolute atomic E-state index is 12.2. The number of hydrogen-bond donors (Lipinski definition) is 1. The second-order valence-electron chi connectivity index (χ2n) is 5.10. The highest BCUT2D eigenvalue weighted by Crippen LogP contribution is 2.29. The van der Waals surface area contributed by atoms with E-state index in [-0.39, 0.29) is 18.3 Å². The van der Waals surface area contributed by atoms with E-state index in [2.05, 4.69) is 10.3 Å². The highest BCUT2D eigenvalue weighted by molar-refractivity contribution is 7.99. The molecule has 1 aromatic carbocycles. The molecule has 0 atom stereocenters. The fraction of sp³-hybridized carbons (Fsp3) is 0.235. The first-order valence-corrected chi connectivity index (χ1v) is 9.43. The van der Waals surface area contributed by atoms with Crippen LogP contribution in [0, 0.1) is 6.92 Å². The van der Waals surface area contributed by atoms with Gasteiger partial charge >= 0.3 is 5.97 Å². The lowest BCUT2D eigenvalue weighted by Crippen LogP contribution is -2.15. The number of ether oxygens (including phenoxy) is 1. The van der Waals surface area contributed by atoms with Crippen LogP contribution in [0.3, 0.4) is 0 Å². The van der Waals surface area contributed by atoms with Crippen molar-refractivity contribution in [1.82, 2.24) is 4.98 Å². The smallest absolute Gasteiger partial charge is 0.341 e. The molecule has 6 nitrogen and oxygen atoms in total. The van der Waals surface area contributed by atoms with Gasteiger partial charge < -0.3 is 14.5 Å². The molecule has 0 bridgehead atoms. The van der Waals surface area contributed by atoms with Crippen LogP contribution in [0.2, 0.25) is 0 Å². The molecule has 0 spiro atoms. The Morgan fingerprint density at radius 2 is 2.16 bits per heavy atom. The number of anilines is 1. The average Bonchev–Trinajstić information content (AvgIpc) is 3.16. The number of aryl methyl sites for hydroxylation is 1. The van der Waals surface area contributed by atoms with Crippen LogP contribution in [0.15, 0.2) is 40.0 Å². The van der Waals surface area contributed by atoms with Gasteiger partial charge in [0.05, 0.1) is 17.9 Å². The van der Waals surface area contributed by atoms with E-state index < -0.39 is 5.97 Å². The van der Waals surface area contributed by atoms with Gasteiger partial charge in [0.25, 0.3) is 5.22 Å². The first kappa shape index (κ1) is 17.5. The third-order valence-electron chi connectivity index (χ3n) is 3.20. The maximum Gasteiger partial charge on any atom is 0.341 e. The van der Waals surface area contributed by atoms with Gasteiger partial charge in [-0.2, -0.15) is 0 Å². The Hall–Kier alpha value is -2.32. The zero-order valence-electron chi connectivity index (χ0n) is 13.7. The van der Waals surface area contributed by atoms with E-state index in [0.29, 0.717) is 21.4 Å². The van der Waals surface area contributed by atoms with Crippen molar-refractivity contribution < 1.29 is 18.7 Å². The highest BCUT2D eigenvalue weighted by Gasteiger charge is 2.18. The van der Waals surface area contributed by atoms with Crippen LogP contribution in [0.25, 0.3) is 11.1 Å². The van der Waals surface area contributed by atoms with Gasteiger partial charge in [-0.15, -0.1) is 11.3 Å². The molecule has 0 unspecified atom stereocenters. The van der Waals surface area contributed by atoms with Gasteiger partial charge in [-0.1, -0.05) is 23.9 Å². The predicted molar refractivity (Wildman–Crippen MR) is 98.4 cm³/mol. The van der Waals surface area contributed by atoms with Gasteiger partial charge in [0.1, 0.15) is 10.5 Å². The molecule has 130 valence electrons. The molecule has 0 aliphatic heterocycles. The van der Waals surface area contributed by atoms with Crippen molar-refractivity contribution in [2.45, 2.75) is 19.1 Å². The Kier molecular flexibility index (Phi) is 5.40. The SMILES string of the molecule is CCOC(=O)c1cc(C)sc1NC(=O)CSc1nc2ccccc2o1. The van der Waals surface area contributed by atoms with Crippen LogP contribution >= 0.6 is 23.1 Å². The summed E-state index contributed by atoms with van der Waals surface area (Å²) in [6.07, 6.45) is 0. The number of esters is 1. The molecule has 3 aromatic rings. The van der Waals surface area contributed by atoms with Crippen molar-refractivity contribution in [3.05, 3.63) is 40.8 Å². The van der Waals surface area contributed by atoms with Gasteiger partial charge in [-0.3, -0.25) is 4.79 Å². The fourth-order valence-corrected chi connectivity index (χ4v) is 3.72. The Morgan fingerprint density at radius 3 is 2.92 bits per heavy atom. The molecule has 2 aromatic heterocycles. The van der Waals surface area contributed by atoms with Crippen LogP contribution in [-0.4, -0.2) is 29.2 Å². The number of oxazole rings is 1. The standard InChI is InChI=1S/C17H16N2O4S2/c1-3-22-16(21)11-8-10(2)25-15(11)19-14(20)9-24-17-18-12-6-4-5-7-13(12)23-17/h4-8H,3,9H2,1-2H3,(H,19,20). The van der Waals surface area contributed by atoms with Crippen LogP contribution in [0.5, 0.6) is 0 Å². The van der Waals surface area contributed by atoms with E-state index in [1.54, 1.807) is 13.0 Å². The molecule has 0 saturated carbocycles. The molecule has 2 heterocycles. The van der Waals surface area contributed by atoms with Gasteiger partial charge in [-0.05, 0) is 32.0 Å². The minimum absolute atomic E-state index is 0.131. The first-order valence-electron chi connectivity index (χ1n) is 7.62. The number of fused-ring (bicyclic) bond motifs is 1. The van der Waals surface area contributed by atoms with Gasteiger partial charge in [0, 0.05) is 4.88 Å². The average molecular weight is 376 g/mol. The first-order chi connectivity index (χ1) is 12.1. The summed E-state index contributed by atoms with van der Waals surface area (Å²) >= 11 is 2.54. The summed E-state index contributed by atoms with van der Waals surface area (Å²) in [5.41, 5.74) is 1.82. The van der Waals surface area contributed by atoms with Gasteiger partial charge in [0.2, 0.25) is 5.91 Å². The molecular formula is C17H16N2O4S2. The van der Waals surface area contributed by atoms with E-state index in [0.717, 1.165) is 10.4 Å². The highest BCUT2D eigenvalue weighted by atomic mass is 32.2. The molecular weight excluding hydrogens is 360 g/mol. The van der Waals surface area contributed by atoms with Crippen molar-refractivity contribution in [3.63, 3.8) is 0 Å². The van der Waals surface area contributed by atoms with E-state index in [1.807, 2.05) is 31.2 Å². The Balaban J connectivity index is 1.63. The molecule has 1 N–H and O–H groups in total. The van der Waals surface area contributed by atoms with Gasteiger partial charge in [0.15, 0.2) is 5.58 Å². The minimum atomic E-state index is -0.436. The summed E-state index contributed by atoms with van der Waals surface area (Å²) in [5.74, 6) is -0.542. The topological polar surface area (TPSA) is 81.4 Å². The lowest BCUT2D eigenvalue weighted by molar-refractivity contribution is -0.113. The molecule has 1 amide bonds. The van der Waals surface area contributed by atoms with Crippen LogP contribution in [0.4, 0.5) is 5.00 Å². The molecule has 0 aliphatic rings. The van der Waals surface area contributed by atoms with E-state index in [9.17, 15) is 9.59 Å². The van der Waals surface area contributed by atoms with Crippen LogP contribution in [0.1, 0.15) is 22.2 Å². The minimum Gasteiger partial charge on any atom is -0.462 e. The fourth-order valence-electron chi connectivity index (χ4n) is 2.17. The van der Waals surface area contributed by atoms with Crippen molar-refractivity contribution in [1.29, 1.82) is 0 Å². The number of thiophene rings is 1. The normalized spacial score (nSPS) is 10.8. The summed E-state index contributed by atoms with van der Waals surface area (Å²) < 4.78 is 10.6. The number of thioether (sulfide) groups is 1. The molecule has 0 fully saturated rings. The third-order valence-corrected chi connectivity index (χ3v) is 5.00. The Labute approximate surface area is 152 Å². The lowest BCUT2D eigenvalue weighted by atomic mass is 10.3. The number of rotatable bonds is 6. The number of aromatic nitrogens is 1. The number of carbonyl (C=O) groups is 2. The van der Waals surface area contributed by atoms with Gasteiger partial charge in [-0.25, -0.2) is 9.78 Å². The van der Waals surface area contributed by atoms with Crippen molar-refractivity contribution >= 4 is 51.1 Å². The largest absolute Gasteiger partial charge is 0.462 e. The van der Waals surface area contributed by atoms with Crippen LogP contribution < -0.4 is 5.32 Å². The quantitative estimate of drug-likeness (QED) is 0.515. The zero-order chi connectivity index (χ0) is 17.8. The molecule has 8 heteroatoms. The van der Waals surface area contributed by atoms with Crippen LogP contribution in [-0.2, 0) is 9.53 Å². The van der Waals surface area contributed by atoms with E-state index in [1.165, 1.54) is 23.1 Å². The molecule has 0 aliphatic carbocycles. The number of nitrogens with one attached hydrogen (secondary N) is 1. The van der Waals surface area contributed by atoms with Crippen molar-refractivity contribution in [2.75, 3.05) is 17.7 Å². The van der Waals surface area contributed by atoms with E-state index >= 15 is 0 Å². The summed E-state index contributed by atoms with van der Waals surface area (Å²) in [6, 6.07) is 9.13. The molecule has 0 radical (unpaired) electrons. The summed E-state index contributed by atoms with van der Waals surface area (Å²) in [4.78, 5) is 29.4. The number of carbonyl (C=O) groups excluding carboxylic acids is 2. The Morgan fingerprint density at radius 1 is 1.36 bits per heavy atom. The number of hydrogen-bond acceptors (Lipinski definition) is 7. The Bertz CT molecular complexity index is 883. The lowest BCUT2D eigenvalue weighted by Gasteiger charge is -2.05. The second-order valence-corrected chi connectivity index (χ2v) is 7.29. The van der Waals surface area contributed by atoms with Crippen molar-refractivity contribution in [2.24, 2.45) is 0 Å². The second kappa shape index (κ2) is 7.71. The van der Waals surface area contributed by atoms with E-state index in [4.69, 9.17) is 9.15 Å². The zero-order valence-corrected chi connectivity index (χ0v) is 15.3. The molecule has 3 rings (SSSR count). The maximum atomic E-state index is 12.2. The number of nitrogens with zero attached hydrogens (tertiary/aromatic N) is 1. The number of para-hydroxylation sites is 2. The predicted octanol–water partition coefficient (Wildman–Crippen LogP) is 4.11.